The van der Waals surface area contributed by atoms with Gasteiger partial charge in [0, 0.05) is 94.6 Å². The van der Waals surface area contributed by atoms with Crippen molar-refractivity contribution in [3.8, 4) is 17.3 Å². The van der Waals surface area contributed by atoms with E-state index in [2.05, 4.69) is 356 Å². The number of nitrogens with zero attached hydrogens (tertiary/aromatic N) is 8. The van der Waals surface area contributed by atoms with E-state index in [4.69, 9.17) is 9.97 Å². The Morgan fingerprint density at radius 1 is 0.205 bits per heavy atom. The third kappa shape index (κ3) is 8.37. The summed E-state index contributed by atoms with van der Waals surface area (Å²) >= 11 is 0. The van der Waals surface area contributed by atoms with Crippen molar-refractivity contribution in [3.05, 3.63) is 328 Å². The summed E-state index contributed by atoms with van der Waals surface area (Å²) in [5.41, 5.74) is 17.5. The summed E-state index contributed by atoms with van der Waals surface area (Å²) in [5.74, 6) is 1.27. The molecule has 88 heavy (non-hydrogen) atoms. The van der Waals surface area contributed by atoms with Gasteiger partial charge in [0.1, 0.15) is 0 Å². The number of benzene rings is 13. The number of rotatable bonds is 12. The van der Waals surface area contributed by atoms with Crippen molar-refractivity contribution in [2.45, 2.75) is 0 Å². The van der Waals surface area contributed by atoms with Gasteiger partial charge >= 0.3 is 0 Å². The highest BCUT2D eigenvalue weighted by Crippen LogP contribution is 2.46. The predicted octanol–water partition coefficient (Wildman–Crippen LogP) is 21.3. The summed E-state index contributed by atoms with van der Waals surface area (Å²) in [4.78, 5) is 18.7. The van der Waals surface area contributed by atoms with Crippen molar-refractivity contribution in [3.63, 3.8) is 0 Å². The molecular weight excluding hydrogens is 1070 g/mol. The summed E-state index contributed by atoms with van der Waals surface area (Å²) < 4.78 is 7.01. The molecule has 0 spiro atoms. The van der Waals surface area contributed by atoms with Gasteiger partial charge in [0.25, 0.3) is 0 Å². The van der Waals surface area contributed by atoms with Gasteiger partial charge in [0.2, 0.25) is 5.95 Å². The van der Waals surface area contributed by atoms with Crippen molar-refractivity contribution < 1.29 is 0 Å². The third-order valence-corrected chi connectivity index (χ3v) is 17.1. The zero-order chi connectivity index (χ0) is 58.1. The smallest absolute Gasteiger partial charge is 0.237 e. The van der Waals surface area contributed by atoms with E-state index in [1.54, 1.807) is 0 Å². The minimum atomic E-state index is 0.548. The lowest BCUT2D eigenvalue weighted by Gasteiger charge is -2.28. The molecule has 0 amide bonds. The number of anilines is 9. The Morgan fingerprint density at radius 2 is 0.534 bits per heavy atom. The number of fused-ring (bicyclic) bond motifs is 10. The largest absolute Gasteiger partial charge is 0.310 e. The lowest BCUT2D eigenvalue weighted by molar-refractivity contribution is 1.000. The highest BCUT2D eigenvalue weighted by Gasteiger charge is 2.26. The molecule has 4 heterocycles. The predicted molar refractivity (Wildman–Crippen MR) is 367 cm³/mol. The van der Waals surface area contributed by atoms with Gasteiger partial charge in [-0.25, -0.2) is 4.98 Å². The molecule has 8 heteroatoms. The molecular formula is C80H54N8. The van der Waals surface area contributed by atoms with Crippen LogP contribution in [0, 0.1) is 0 Å². The highest BCUT2D eigenvalue weighted by atomic mass is 15.3. The minimum absolute atomic E-state index is 0.548. The maximum Gasteiger partial charge on any atom is 0.237 e. The van der Waals surface area contributed by atoms with Crippen molar-refractivity contribution in [1.82, 2.24) is 23.7 Å². The van der Waals surface area contributed by atoms with Crippen LogP contribution in [0.4, 0.5) is 51.3 Å². The highest BCUT2D eigenvalue weighted by molar-refractivity contribution is 6.14. The van der Waals surface area contributed by atoms with Crippen molar-refractivity contribution >= 4 is 128 Å². The van der Waals surface area contributed by atoms with Gasteiger partial charge < -0.3 is 18.9 Å². The van der Waals surface area contributed by atoms with Gasteiger partial charge in [-0.05, 0) is 152 Å². The van der Waals surface area contributed by atoms with E-state index in [1.807, 2.05) is 0 Å². The fraction of sp³-hybridized carbons (Fsp3) is 0. The van der Waals surface area contributed by atoms with E-state index in [0.29, 0.717) is 5.95 Å². The van der Waals surface area contributed by atoms with Crippen LogP contribution in [0.25, 0.3) is 93.6 Å². The topological polar surface area (TPSA) is 50.3 Å². The van der Waals surface area contributed by atoms with Crippen LogP contribution >= 0.6 is 0 Å². The maximum absolute atomic E-state index is 5.98. The lowest BCUT2D eigenvalue weighted by atomic mass is 10.1. The molecule has 0 saturated carbocycles. The molecule has 17 aromatic rings. The van der Waals surface area contributed by atoms with Gasteiger partial charge in [0.15, 0.2) is 5.82 Å². The second-order valence-electron chi connectivity index (χ2n) is 22.2. The molecule has 4 aromatic heterocycles. The molecule has 0 aliphatic heterocycles. The Kier molecular flexibility index (Phi) is 12.0. The Hall–Kier alpha value is -12.0. The first-order valence-electron chi connectivity index (χ1n) is 29.8. The molecule has 0 atom stereocenters. The van der Waals surface area contributed by atoms with Gasteiger partial charge in [-0.3, -0.25) is 9.47 Å². The van der Waals surface area contributed by atoms with Crippen LogP contribution in [-0.2, 0) is 0 Å². The number of para-hydroxylation sites is 9. The summed E-state index contributed by atoms with van der Waals surface area (Å²) in [5, 5.41) is 7.76. The molecule has 0 N–H and O–H groups in total. The molecule has 0 unspecified atom stereocenters. The fourth-order valence-corrected chi connectivity index (χ4v) is 13.3. The van der Waals surface area contributed by atoms with Crippen LogP contribution in [0.15, 0.2) is 328 Å². The van der Waals surface area contributed by atoms with Gasteiger partial charge in [0.05, 0.1) is 38.6 Å². The Morgan fingerprint density at radius 3 is 1.05 bits per heavy atom. The van der Waals surface area contributed by atoms with Gasteiger partial charge in [-0.15, -0.1) is 0 Å². The second-order valence-corrected chi connectivity index (χ2v) is 22.2. The molecule has 0 fully saturated rings. The first-order chi connectivity index (χ1) is 43.7. The summed E-state index contributed by atoms with van der Waals surface area (Å²) in [7, 11) is 0. The van der Waals surface area contributed by atoms with E-state index in [-0.39, 0.29) is 0 Å². The standard InChI is InChI=1S/C80H54N8/c1-7-25-55(26-8-1)83(56-27-9-2-10-28-56)63-43-48-69-66-38-20-24-42-75(66)88(78(69)54-63)80-81-72-49-45-61(84(57-29-11-3-12-30-57)64-44-47-68-65-37-19-22-40-73(65)87(77(68)53-64)60-35-17-6-18-36-60)52-71(72)79(82-80)85(58-31-13-4-14-32-58)62-46-50-76-70(51-62)67-39-21-23-41-74(67)86(76)59-33-15-5-16-34-59/h1-54H. The summed E-state index contributed by atoms with van der Waals surface area (Å²) in [6.07, 6.45) is 0. The zero-order valence-electron chi connectivity index (χ0n) is 47.8. The Labute approximate surface area is 508 Å². The van der Waals surface area contributed by atoms with Crippen molar-refractivity contribution in [1.29, 1.82) is 0 Å². The lowest BCUT2D eigenvalue weighted by Crippen LogP contribution is -2.15. The number of hydrogen-bond donors (Lipinski definition) is 0. The van der Waals surface area contributed by atoms with Crippen LogP contribution < -0.4 is 14.7 Å². The minimum Gasteiger partial charge on any atom is -0.310 e. The van der Waals surface area contributed by atoms with E-state index in [9.17, 15) is 0 Å². The molecule has 0 aliphatic rings. The first kappa shape index (κ1) is 50.5. The fourth-order valence-electron chi connectivity index (χ4n) is 13.3. The van der Waals surface area contributed by atoms with Crippen molar-refractivity contribution in [2.24, 2.45) is 0 Å². The average Bonchev–Trinajstić information content (AvgIpc) is 1.74. The van der Waals surface area contributed by atoms with E-state index in [1.165, 1.54) is 10.8 Å². The first-order valence-corrected chi connectivity index (χ1v) is 29.8. The molecule has 8 nitrogen and oxygen atoms in total. The van der Waals surface area contributed by atoms with E-state index in [0.717, 1.165) is 128 Å². The Balaban J connectivity index is 0.938. The monoisotopic (exact) mass is 1130 g/mol. The Bertz CT molecular complexity index is 5410. The molecule has 0 radical (unpaired) electrons. The number of aromatic nitrogens is 5. The third-order valence-electron chi connectivity index (χ3n) is 17.1. The molecule has 414 valence electrons. The molecule has 0 bridgehead atoms. The van der Waals surface area contributed by atoms with Crippen LogP contribution in [0.3, 0.4) is 0 Å². The molecule has 17 rings (SSSR count). The van der Waals surface area contributed by atoms with Crippen LogP contribution in [-0.4, -0.2) is 23.7 Å². The SMILES string of the molecule is c1ccc(N(c2ccc3nc(-n4c5ccccc5c5ccc(N(c6ccccc6)c6ccccc6)cc54)nc(N(c4ccccc4)c4ccc5c(c4)c4ccccc4n5-c4ccccc4)c3c2)c2ccc3c4ccccc4n(-c4ccccc4)c3c2)cc1. The molecule has 13 aromatic carbocycles. The molecule has 0 aliphatic carbocycles. The quantitative estimate of drug-likeness (QED) is 0.122. The summed E-state index contributed by atoms with van der Waals surface area (Å²) in [6.45, 7) is 0. The van der Waals surface area contributed by atoms with Crippen molar-refractivity contribution in [2.75, 3.05) is 14.7 Å². The zero-order valence-corrected chi connectivity index (χ0v) is 47.8. The maximum atomic E-state index is 5.98. The van der Waals surface area contributed by atoms with Crippen LogP contribution in [0.1, 0.15) is 0 Å². The normalized spacial score (nSPS) is 11.6. The van der Waals surface area contributed by atoms with Gasteiger partial charge in [-0.2, -0.15) is 4.98 Å². The van der Waals surface area contributed by atoms with Crippen LogP contribution in [0.2, 0.25) is 0 Å². The van der Waals surface area contributed by atoms with Gasteiger partial charge in [-0.1, -0.05) is 176 Å². The van der Waals surface area contributed by atoms with E-state index >= 15 is 0 Å². The number of hydrogen-bond acceptors (Lipinski definition) is 5. The molecule has 0 saturated heterocycles. The van der Waals surface area contributed by atoms with E-state index < -0.39 is 0 Å². The van der Waals surface area contributed by atoms with Crippen LogP contribution in [0.5, 0.6) is 0 Å². The average molecular weight is 1130 g/mol. The summed E-state index contributed by atoms with van der Waals surface area (Å²) in [6, 6.07) is 117. The second kappa shape index (κ2) is 21.0.